The topological polar surface area (TPSA) is 184 Å². The Morgan fingerprint density at radius 2 is 0.750 bits per heavy atom. The summed E-state index contributed by atoms with van der Waals surface area (Å²) in [7, 11) is 0. The molecule has 0 amide bonds. The van der Waals surface area contributed by atoms with Crippen LogP contribution in [0.4, 0.5) is 17.1 Å². The lowest BCUT2D eigenvalue weighted by Gasteiger charge is -2.19. The van der Waals surface area contributed by atoms with Crippen LogP contribution in [0.15, 0.2) is 91.0 Å². The molecule has 4 aromatic carbocycles. The highest BCUT2D eigenvalue weighted by Gasteiger charge is 2.32. The molecule has 12 nitrogen and oxygen atoms in total. The Hall–Kier alpha value is -5.43. The fourth-order valence-corrected chi connectivity index (χ4v) is 9.34. The van der Waals surface area contributed by atoms with E-state index in [4.69, 9.17) is 0 Å². The zero-order valence-electron chi connectivity index (χ0n) is 34.3. The molecule has 0 saturated carbocycles. The van der Waals surface area contributed by atoms with Crippen molar-refractivity contribution in [2.24, 2.45) is 35.5 Å². The van der Waals surface area contributed by atoms with Crippen LogP contribution in [0, 0.1) is 35.5 Å². The van der Waals surface area contributed by atoms with Gasteiger partial charge in [-0.3, -0.25) is 14.4 Å². The van der Waals surface area contributed by atoms with Crippen LogP contribution in [-0.4, -0.2) is 72.5 Å². The van der Waals surface area contributed by atoms with Crippen LogP contribution < -0.4 is 31.9 Å². The number of carbonyl (C=O) groups is 3. The molecular formula is C48H60N6O6. The summed E-state index contributed by atoms with van der Waals surface area (Å²) in [4.78, 5) is 36.6. The van der Waals surface area contributed by atoms with E-state index in [1.54, 1.807) is 0 Å². The molecule has 4 aromatic rings. The maximum absolute atomic E-state index is 12.2. The summed E-state index contributed by atoms with van der Waals surface area (Å²) >= 11 is 0. The van der Waals surface area contributed by atoms with E-state index in [0.29, 0.717) is 38.9 Å². The smallest absolute Gasteiger partial charge is 0.307 e. The number of benzene rings is 4. The Balaban J connectivity index is 1.05. The molecule has 3 fully saturated rings. The van der Waals surface area contributed by atoms with Gasteiger partial charge in [-0.1, -0.05) is 72.8 Å². The molecule has 0 radical (unpaired) electrons. The number of nitrogens with one attached hydrogen (secondary N) is 6. The first-order valence-corrected chi connectivity index (χ1v) is 21.6. The summed E-state index contributed by atoms with van der Waals surface area (Å²) in [6.07, 6.45) is 4.12. The van der Waals surface area contributed by atoms with Crippen molar-refractivity contribution in [2.75, 3.05) is 55.2 Å². The fourth-order valence-electron chi connectivity index (χ4n) is 9.34. The number of anilines is 3. The number of hydrogen-bond acceptors (Lipinski definition) is 9. The van der Waals surface area contributed by atoms with E-state index in [0.717, 1.165) is 109 Å². The minimum atomic E-state index is -0.743. The monoisotopic (exact) mass is 816 g/mol. The van der Waals surface area contributed by atoms with Gasteiger partial charge in [0, 0.05) is 36.7 Å². The maximum Gasteiger partial charge on any atom is 0.307 e. The quantitative estimate of drug-likeness (QED) is 0.0473. The van der Waals surface area contributed by atoms with Crippen molar-refractivity contribution < 1.29 is 29.7 Å². The van der Waals surface area contributed by atoms with Crippen molar-refractivity contribution in [3.8, 4) is 0 Å². The van der Waals surface area contributed by atoms with Crippen molar-refractivity contribution >= 4 is 35.0 Å². The second-order valence-corrected chi connectivity index (χ2v) is 17.0. The largest absolute Gasteiger partial charge is 0.481 e. The molecule has 6 atom stereocenters. The van der Waals surface area contributed by atoms with Crippen molar-refractivity contribution in [1.82, 2.24) is 16.0 Å². The van der Waals surface area contributed by atoms with E-state index in [1.807, 2.05) is 36.4 Å². The van der Waals surface area contributed by atoms with Gasteiger partial charge in [0.25, 0.3) is 0 Å². The SMILES string of the molecule is O=C(O)[C@@H](Cc1cccc(CNc2cc(NCc3cccc(C[C@H](C(=O)O)[C@H]4CCNC4)c3)cc(NCc3cccc(C[C@H](C(=O)O)[C@H]4CCNC4)c3)c2)c1)[C@H]1CCNC1. The molecule has 9 N–H and O–H groups in total. The van der Waals surface area contributed by atoms with Crippen LogP contribution >= 0.6 is 0 Å². The maximum atomic E-state index is 12.2. The Labute approximate surface area is 353 Å². The van der Waals surface area contributed by atoms with Crippen LogP contribution in [0.1, 0.15) is 52.6 Å². The number of aliphatic carboxylic acids is 3. The molecule has 60 heavy (non-hydrogen) atoms. The molecule has 0 bridgehead atoms. The van der Waals surface area contributed by atoms with Crippen LogP contribution in [0.5, 0.6) is 0 Å². The zero-order valence-corrected chi connectivity index (χ0v) is 34.3. The van der Waals surface area contributed by atoms with Crippen molar-refractivity contribution in [3.63, 3.8) is 0 Å². The minimum Gasteiger partial charge on any atom is -0.481 e. The van der Waals surface area contributed by atoms with E-state index >= 15 is 0 Å². The molecule has 3 aliphatic rings. The predicted molar refractivity (Wildman–Crippen MR) is 235 cm³/mol. The van der Waals surface area contributed by atoms with E-state index in [2.05, 4.69) is 86.5 Å². The van der Waals surface area contributed by atoms with Crippen LogP contribution in [0.2, 0.25) is 0 Å². The predicted octanol–water partition coefficient (Wildman–Crippen LogP) is 6.08. The van der Waals surface area contributed by atoms with Gasteiger partial charge in [-0.2, -0.15) is 0 Å². The third-order valence-electron chi connectivity index (χ3n) is 12.7. The third-order valence-corrected chi connectivity index (χ3v) is 12.7. The molecule has 3 heterocycles. The second-order valence-electron chi connectivity index (χ2n) is 17.0. The van der Waals surface area contributed by atoms with Crippen LogP contribution in [0.3, 0.4) is 0 Å². The Morgan fingerprint density at radius 3 is 1.00 bits per heavy atom. The van der Waals surface area contributed by atoms with Gasteiger partial charge in [0.15, 0.2) is 0 Å². The summed E-state index contributed by atoms with van der Waals surface area (Å²) in [6.45, 7) is 6.44. The van der Waals surface area contributed by atoms with E-state index in [9.17, 15) is 29.7 Å². The molecule has 3 aliphatic heterocycles. The summed E-state index contributed by atoms with van der Waals surface area (Å²) in [6, 6.07) is 30.7. The van der Waals surface area contributed by atoms with Crippen molar-refractivity contribution in [2.45, 2.75) is 58.2 Å². The molecule has 0 aromatic heterocycles. The summed E-state index contributed by atoms with van der Waals surface area (Å²) < 4.78 is 0. The molecule has 0 spiro atoms. The summed E-state index contributed by atoms with van der Waals surface area (Å²) in [5.41, 5.74) is 8.93. The first-order chi connectivity index (χ1) is 29.2. The molecule has 0 aliphatic carbocycles. The molecule has 0 unspecified atom stereocenters. The van der Waals surface area contributed by atoms with Gasteiger partial charge in [-0.25, -0.2) is 0 Å². The van der Waals surface area contributed by atoms with Gasteiger partial charge in [0.2, 0.25) is 0 Å². The molecule has 12 heteroatoms. The number of hydrogen-bond donors (Lipinski definition) is 9. The van der Waals surface area contributed by atoms with E-state index in [1.165, 1.54) is 0 Å². The molecule has 7 rings (SSSR count). The van der Waals surface area contributed by atoms with Gasteiger partial charge in [0.1, 0.15) is 0 Å². The van der Waals surface area contributed by atoms with Crippen LogP contribution in [-0.2, 0) is 53.3 Å². The van der Waals surface area contributed by atoms with Gasteiger partial charge >= 0.3 is 17.9 Å². The molecule has 3 saturated heterocycles. The lowest BCUT2D eigenvalue weighted by Crippen LogP contribution is -2.27. The van der Waals surface area contributed by atoms with Gasteiger partial charge in [0.05, 0.1) is 17.8 Å². The normalized spacial score (nSPS) is 20.3. The first kappa shape index (κ1) is 42.7. The standard InChI is InChI=1S/C48H60N6O6/c55-46(56)43(37-10-13-49-28-37)19-31-4-1-7-34(16-31)25-52-40-22-41(53-26-35-8-2-5-32(17-35)20-44(47(57)58)38-11-14-50-29-38)24-42(23-40)54-27-36-9-3-6-33(18-36)21-45(48(59)60)39-12-15-51-30-39/h1-9,16-18,22-24,37-39,43-45,49-54H,10-15,19-21,25-30H2,(H,55,56)(H,57,58)(H,59,60)/t37-,38-,39-,43-,44-,45-/m0/s1. The summed E-state index contributed by atoms with van der Waals surface area (Å²) in [5, 5.41) is 50.8. The minimum absolute atomic E-state index is 0.127. The average molecular weight is 817 g/mol. The lowest BCUT2D eigenvalue weighted by molar-refractivity contribution is -0.144. The van der Waals surface area contributed by atoms with Gasteiger partial charge in [-0.05, 0) is 147 Å². The van der Waals surface area contributed by atoms with E-state index in [-0.39, 0.29) is 17.8 Å². The molecular weight excluding hydrogens is 757 g/mol. The Bertz CT molecular complexity index is 1830. The number of carboxylic acids is 3. The van der Waals surface area contributed by atoms with E-state index < -0.39 is 35.7 Å². The summed E-state index contributed by atoms with van der Waals surface area (Å²) in [5.74, 6) is -3.12. The first-order valence-electron chi connectivity index (χ1n) is 21.6. The van der Waals surface area contributed by atoms with Gasteiger partial charge < -0.3 is 47.2 Å². The lowest BCUT2D eigenvalue weighted by atomic mass is 9.86. The zero-order chi connectivity index (χ0) is 41.8. The molecule has 318 valence electrons. The van der Waals surface area contributed by atoms with Gasteiger partial charge in [-0.15, -0.1) is 0 Å². The second kappa shape index (κ2) is 20.7. The fraction of sp³-hybridized carbons (Fsp3) is 0.438. The van der Waals surface area contributed by atoms with Crippen LogP contribution in [0.25, 0.3) is 0 Å². The van der Waals surface area contributed by atoms with Crippen molar-refractivity contribution in [3.05, 3.63) is 124 Å². The average Bonchev–Trinajstić information content (AvgIpc) is 4.08. The number of carboxylic acid groups (broad SMARTS) is 3. The highest BCUT2D eigenvalue weighted by Crippen LogP contribution is 2.29. The Morgan fingerprint density at radius 1 is 0.467 bits per heavy atom. The third kappa shape index (κ3) is 11.9. The highest BCUT2D eigenvalue weighted by atomic mass is 16.4. The Kier molecular flexibility index (Phi) is 14.7. The highest BCUT2D eigenvalue weighted by molar-refractivity contribution is 5.72. The van der Waals surface area contributed by atoms with Crippen molar-refractivity contribution in [1.29, 1.82) is 0 Å². The number of rotatable bonds is 21.